The van der Waals surface area contributed by atoms with Crippen LogP contribution in [-0.2, 0) is 9.84 Å². The summed E-state index contributed by atoms with van der Waals surface area (Å²) in [6, 6.07) is 10.4. The Morgan fingerprint density at radius 1 is 1.15 bits per heavy atom. The molecule has 1 aromatic carbocycles. The van der Waals surface area contributed by atoms with E-state index in [1.165, 1.54) is 0 Å². The average Bonchev–Trinajstić information content (AvgIpc) is 3.39. The van der Waals surface area contributed by atoms with Crippen LogP contribution in [0.1, 0.15) is 25.3 Å². The van der Waals surface area contributed by atoms with Crippen molar-refractivity contribution >= 4 is 31.9 Å². The Bertz CT molecular complexity index is 1250. The highest BCUT2D eigenvalue weighted by molar-refractivity contribution is 7.91. The molecular formula is C18H18N6O2S. The Morgan fingerprint density at radius 2 is 1.96 bits per heavy atom. The quantitative estimate of drug-likeness (QED) is 0.560. The van der Waals surface area contributed by atoms with E-state index in [0.717, 1.165) is 24.6 Å². The molecule has 0 radical (unpaired) electrons. The molecule has 9 heteroatoms. The number of benzene rings is 1. The fourth-order valence-corrected chi connectivity index (χ4v) is 5.20. The first-order valence-electron chi connectivity index (χ1n) is 8.83. The average molecular weight is 382 g/mol. The number of pyridine rings is 1. The first-order chi connectivity index (χ1) is 13.1. The third-order valence-electron chi connectivity index (χ3n) is 5.19. The number of fused-ring (bicyclic) bond motifs is 3. The van der Waals surface area contributed by atoms with Crippen LogP contribution in [0.3, 0.4) is 0 Å². The van der Waals surface area contributed by atoms with Gasteiger partial charge in [-0.2, -0.15) is 0 Å². The molecule has 2 atom stereocenters. The zero-order valence-electron chi connectivity index (χ0n) is 14.4. The number of aromatic nitrogens is 5. The number of nitrogens with two attached hydrogens (primary N) is 1. The number of hydrogen-bond acceptors (Lipinski definition) is 6. The zero-order chi connectivity index (χ0) is 18.6. The zero-order valence-corrected chi connectivity index (χ0v) is 15.2. The summed E-state index contributed by atoms with van der Waals surface area (Å²) in [5.74, 6) is 0. The van der Waals surface area contributed by atoms with Gasteiger partial charge in [0, 0.05) is 17.6 Å². The predicted octanol–water partition coefficient (Wildman–Crippen LogP) is 2.19. The second kappa shape index (κ2) is 5.86. The highest BCUT2D eigenvalue weighted by atomic mass is 32.2. The molecule has 5 rings (SSSR count). The third-order valence-corrected chi connectivity index (χ3v) is 6.88. The Balaban J connectivity index is 1.80. The first kappa shape index (κ1) is 16.4. The number of nitrogens with zero attached hydrogens (tertiary/aromatic N) is 4. The second-order valence-electron chi connectivity index (χ2n) is 6.93. The molecule has 3 aromatic heterocycles. The summed E-state index contributed by atoms with van der Waals surface area (Å²) >= 11 is 0. The molecular weight excluding hydrogens is 364 g/mol. The van der Waals surface area contributed by atoms with Crippen molar-refractivity contribution in [3.05, 3.63) is 42.6 Å². The minimum Gasteiger partial charge on any atom is -0.346 e. The number of aromatic amines is 1. The van der Waals surface area contributed by atoms with Crippen LogP contribution in [0.25, 0.3) is 22.1 Å². The van der Waals surface area contributed by atoms with Gasteiger partial charge in [0.25, 0.3) is 0 Å². The lowest BCUT2D eigenvalue weighted by Gasteiger charge is -2.12. The van der Waals surface area contributed by atoms with Crippen molar-refractivity contribution in [2.75, 3.05) is 0 Å². The number of nitrogens with one attached hydrogen (secondary N) is 1. The fourth-order valence-electron chi connectivity index (χ4n) is 3.86. The molecule has 0 aliphatic heterocycles. The Hall–Kier alpha value is -2.78. The van der Waals surface area contributed by atoms with E-state index in [2.05, 4.69) is 20.3 Å². The standard InChI is InChI=1S/C18H18N6O2S/c19-11-6-7-12(10-11)24-16-14-8-9-20-17(14)21-18(15(16)22-23-24)27(25,26)13-4-2-1-3-5-13/h1-5,8-9,11-12H,6-7,10,19H2,(H,20,21). The van der Waals surface area contributed by atoms with Crippen LogP contribution in [0.5, 0.6) is 0 Å². The topological polar surface area (TPSA) is 120 Å². The fraction of sp³-hybridized carbons (Fsp3) is 0.278. The SMILES string of the molecule is NC1CCC(n2nnc3c(S(=O)(=O)c4ccccc4)nc4[nH]ccc4c32)C1. The molecule has 1 fully saturated rings. The molecule has 1 aliphatic rings. The van der Waals surface area contributed by atoms with Crippen molar-refractivity contribution in [1.82, 2.24) is 25.0 Å². The van der Waals surface area contributed by atoms with Gasteiger partial charge in [0.05, 0.1) is 10.9 Å². The molecule has 0 bridgehead atoms. The summed E-state index contributed by atoms with van der Waals surface area (Å²) in [7, 11) is -3.83. The molecule has 0 spiro atoms. The smallest absolute Gasteiger partial charge is 0.226 e. The van der Waals surface area contributed by atoms with E-state index in [0.29, 0.717) is 16.7 Å². The van der Waals surface area contributed by atoms with Gasteiger partial charge in [0.1, 0.15) is 11.2 Å². The summed E-state index contributed by atoms with van der Waals surface area (Å²) in [5.41, 5.74) is 7.56. The van der Waals surface area contributed by atoms with Crippen LogP contribution >= 0.6 is 0 Å². The maximum atomic E-state index is 13.2. The van der Waals surface area contributed by atoms with Gasteiger partial charge in [0.2, 0.25) is 9.84 Å². The Labute approximate surface area is 155 Å². The molecule has 27 heavy (non-hydrogen) atoms. The summed E-state index contributed by atoms with van der Waals surface area (Å²) in [6.07, 6.45) is 4.36. The van der Waals surface area contributed by atoms with E-state index in [-0.39, 0.29) is 22.0 Å². The van der Waals surface area contributed by atoms with Gasteiger partial charge >= 0.3 is 0 Å². The van der Waals surface area contributed by atoms with Crippen molar-refractivity contribution in [2.24, 2.45) is 5.73 Å². The lowest BCUT2D eigenvalue weighted by atomic mass is 10.2. The number of rotatable bonds is 3. The van der Waals surface area contributed by atoms with E-state index >= 15 is 0 Å². The molecule has 4 aromatic rings. The molecule has 8 nitrogen and oxygen atoms in total. The maximum absolute atomic E-state index is 13.2. The van der Waals surface area contributed by atoms with Crippen molar-refractivity contribution in [2.45, 2.75) is 41.3 Å². The Morgan fingerprint density at radius 3 is 2.70 bits per heavy atom. The summed E-state index contributed by atoms with van der Waals surface area (Å²) in [5, 5.41) is 9.26. The molecule has 1 saturated carbocycles. The highest BCUT2D eigenvalue weighted by Crippen LogP contribution is 2.35. The molecule has 0 saturated heterocycles. The second-order valence-corrected chi connectivity index (χ2v) is 8.80. The molecule has 0 amide bonds. The van der Waals surface area contributed by atoms with Crippen LogP contribution in [0, 0.1) is 0 Å². The lowest BCUT2D eigenvalue weighted by Crippen LogP contribution is -2.16. The highest BCUT2D eigenvalue weighted by Gasteiger charge is 2.31. The largest absolute Gasteiger partial charge is 0.346 e. The third kappa shape index (κ3) is 2.46. The van der Waals surface area contributed by atoms with Gasteiger partial charge in [-0.1, -0.05) is 23.4 Å². The van der Waals surface area contributed by atoms with E-state index < -0.39 is 9.84 Å². The molecule has 3 N–H and O–H groups in total. The number of sulfone groups is 1. The van der Waals surface area contributed by atoms with Gasteiger partial charge in [-0.25, -0.2) is 18.1 Å². The van der Waals surface area contributed by atoms with Gasteiger partial charge < -0.3 is 10.7 Å². The maximum Gasteiger partial charge on any atom is 0.226 e. The van der Waals surface area contributed by atoms with E-state index in [4.69, 9.17) is 5.73 Å². The summed E-state index contributed by atoms with van der Waals surface area (Å²) in [4.78, 5) is 7.59. The minimum absolute atomic E-state index is 0.0767. The van der Waals surface area contributed by atoms with Gasteiger partial charge in [-0.3, -0.25) is 0 Å². The first-order valence-corrected chi connectivity index (χ1v) is 10.3. The van der Waals surface area contributed by atoms with Crippen LogP contribution in [0.4, 0.5) is 0 Å². The molecule has 1 aliphatic carbocycles. The number of hydrogen-bond donors (Lipinski definition) is 2. The van der Waals surface area contributed by atoms with Crippen molar-refractivity contribution < 1.29 is 8.42 Å². The van der Waals surface area contributed by atoms with Crippen molar-refractivity contribution in [3.63, 3.8) is 0 Å². The van der Waals surface area contributed by atoms with Crippen molar-refractivity contribution in [1.29, 1.82) is 0 Å². The molecule has 3 heterocycles. The number of H-pyrrole nitrogens is 1. The monoisotopic (exact) mass is 382 g/mol. The van der Waals surface area contributed by atoms with Crippen LogP contribution in [0.2, 0.25) is 0 Å². The van der Waals surface area contributed by atoms with Crippen LogP contribution in [-0.4, -0.2) is 39.4 Å². The van der Waals surface area contributed by atoms with Crippen LogP contribution in [0.15, 0.2) is 52.5 Å². The summed E-state index contributed by atoms with van der Waals surface area (Å²) < 4.78 is 28.3. The van der Waals surface area contributed by atoms with E-state index in [9.17, 15) is 8.42 Å². The van der Waals surface area contributed by atoms with Crippen LogP contribution < -0.4 is 5.73 Å². The normalized spacial score (nSPS) is 20.6. The Kier molecular flexibility index (Phi) is 3.56. The van der Waals surface area contributed by atoms with Gasteiger partial charge in [0.15, 0.2) is 10.5 Å². The minimum atomic E-state index is -3.83. The molecule has 138 valence electrons. The lowest BCUT2D eigenvalue weighted by molar-refractivity contribution is 0.462. The predicted molar refractivity (Wildman–Crippen MR) is 99.9 cm³/mol. The van der Waals surface area contributed by atoms with Crippen molar-refractivity contribution in [3.8, 4) is 0 Å². The van der Waals surface area contributed by atoms with E-state index in [1.807, 2.05) is 10.7 Å². The molecule has 2 unspecified atom stereocenters. The van der Waals surface area contributed by atoms with Gasteiger partial charge in [-0.05, 0) is 37.5 Å². The van der Waals surface area contributed by atoms with Gasteiger partial charge in [-0.15, -0.1) is 5.10 Å². The van der Waals surface area contributed by atoms with E-state index in [1.54, 1.807) is 36.5 Å². The summed E-state index contributed by atoms with van der Waals surface area (Å²) in [6.45, 7) is 0.